The molecule has 0 saturated carbocycles. The van der Waals surface area contributed by atoms with Gasteiger partial charge in [0.25, 0.3) is 5.56 Å². The Morgan fingerprint density at radius 2 is 1.98 bits per heavy atom. The van der Waals surface area contributed by atoms with Crippen molar-refractivity contribution in [3.05, 3.63) is 94.4 Å². The van der Waals surface area contributed by atoms with E-state index in [9.17, 15) is 4.79 Å². The predicted molar refractivity (Wildman–Crippen MR) is 172 cm³/mol. The molecule has 4 aromatic rings. The second-order valence-corrected chi connectivity index (χ2v) is 13.1. The molecule has 0 radical (unpaired) electrons. The van der Waals surface area contributed by atoms with E-state index >= 15 is 0 Å². The first kappa shape index (κ1) is 29.7. The van der Waals surface area contributed by atoms with Crippen LogP contribution in [0.5, 0.6) is 0 Å². The van der Waals surface area contributed by atoms with Crippen molar-refractivity contribution in [1.29, 1.82) is 0 Å². The van der Waals surface area contributed by atoms with Gasteiger partial charge < -0.3 is 29.6 Å². The summed E-state index contributed by atoms with van der Waals surface area (Å²) in [5, 5.41) is 3.63. The van der Waals surface area contributed by atoms with Crippen molar-refractivity contribution in [3.8, 4) is 0 Å². The number of aromatic amines is 1. The van der Waals surface area contributed by atoms with Gasteiger partial charge in [0.1, 0.15) is 17.8 Å². The Labute approximate surface area is 260 Å². The zero-order chi connectivity index (χ0) is 29.8. The van der Waals surface area contributed by atoms with Gasteiger partial charge in [0.05, 0.1) is 19.8 Å². The Kier molecular flexibility index (Phi) is 9.34. The van der Waals surface area contributed by atoms with Gasteiger partial charge in [0, 0.05) is 63.5 Å². The van der Waals surface area contributed by atoms with E-state index in [0.717, 1.165) is 23.4 Å². The Bertz CT molecular complexity index is 1610. The highest BCUT2D eigenvalue weighted by Crippen LogP contribution is 2.52. The first-order valence-corrected chi connectivity index (χ1v) is 16.0. The molecule has 0 aliphatic carbocycles. The van der Waals surface area contributed by atoms with Crippen LogP contribution in [0.3, 0.4) is 0 Å². The zero-order valence-electron chi connectivity index (χ0n) is 24.6. The number of morpholine rings is 1. The summed E-state index contributed by atoms with van der Waals surface area (Å²) in [6, 6.07) is 16.5. The summed E-state index contributed by atoms with van der Waals surface area (Å²) in [4.78, 5) is 33.4. The Hall–Kier alpha value is -3.35. The van der Waals surface area contributed by atoms with Crippen LogP contribution in [0.2, 0.25) is 0 Å². The van der Waals surface area contributed by atoms with Crippen molar-refractivity contribution in [1.82, 2.24) is 19.9 Å². The molecule has 224 valence electrons. The maximum absolute atomic E-state index is 12.4. The van der Waals surface area contributed by atoms with Crippen LogP contribution in [0.1, 0.15) is 29.1 Å². The fraction of sp³-hybridized carbons (Fsp3) is 0.344. The van der Waals surface area contributed by atoms with Gasteiger partial charge in [0.15, 0.2) is 5.82 Å². The van der Waals surface area contributed by atoms with E-state index in [1.165, 1.54) is 19.6 Å². The van der Waals surface area contributed by atoms with Crippen molar-refractivity contribution >= 4 is 34.9 Å². The second-order valence-electron chi connectivity index (χ2n) is 10.9. The van der Waals surface area contributed by atoms with Crippen LogP contribution in [-0.2, 0) is 9.47 Å². The molecule has 4 heterocycles. The molecule has 0 spiro atoms. The molecule has 1 saturated heterocycles. The smallest absolute Gasteiger partial charge is 0.271 e. The molecule has 0 bridgehead atoms. The molecule has 0 amide bonds. The van der Waals surface area contributed by atoms with E-state index in [0.29, 0.717) is 44.4 Å². The van der Waals surface area contributed by atoms with Gasteiger partial charge in [-0.15, -0.1) is 0 Å². The summed E-state index contributed by atoms with van der Waals surface area (Å²) in [7, 11) is 4.08. The fourth-order valence-electron chi connectivity index (χ4n) is 5.10. The number of fused-ring (bicyclic) bond motifs is 2. The number of hydrogen-bond acceptors (Lipinski definition) is 10. The molecule has 11 heteroatoms. The predicted octanol–water partition coefficient (Wildman–Crippen LogP) is 5.40. The number of aromatic nitrogens is 3. The van der Waals surface area contributed by atoms with Crippen LogP contribution in [0.15, 0.2) is 91.5 Å². The normalized spacial score (nSPS) is 16.9. The number of aryl methyl sites for hydroxylation is 1. The summed E-state index contributed by atoms with van der Waals surface area (Å²) < 4.78 is 12.3. The van der Waals surface area contributed by atoms with Crippen LogP contribution < -0.4 is 15.8 Å². The van der Waals surface area contributed by atoms with Gasteiger partial charge >= 0.3 is 0 Å². The number of likely N-dealkylation sites (N-methyl/N-ethyl adjacent to an activating group) is 1. The number of ether oxygens (including phenoxy) is 2. The summed E-state index contributed by atoms with van der Waals surface area (Å²) in [5.41, 5.74) is 3.79. The zero-order valence-corrected chi connectivity index (χ0v) is 26.2. The highest BCUT2D eigenvalue weighted by molar-refractivity contribution is 8.05. The Morgan fingerprint density at radius 3 is 2.79 bits per heavy atom. The SMILES string of the molecule is Cc1cnc(C(COCCN(C)C)Nc2ccc3c(c2)Sc2cccc(C4CN(c5ccc[nH]c5=O)CCO4)c2S3)nc1. The number of anilines is 2. The minimum atomic E-state index is -0.177. The fourth-order valence-corrected chi connectivity index (χ4v) is 7.55. The van der Waals surface area contributed by atoms with Gasteiger partial charge in [-0.1, -0.05) is 35.7 Å². The van der Waals surface area contributed by atoms with E-state index in [2.05, 4.69) is 66.5 Å². The molecule has 2 aliphatic heterocycles. The highest BCUT2D eigenvalue weighted by atomic mass is 32.2. The van der Waals surface area contributed by atoms with Gasteiger partial charge in [-0.3, -0.25) is 4.79 Å². The maximum Gasteiger partial charge on any atom is 0.271 e. The lowest BCUT2D eigenvalue weighted by Crippen LogP contribution is -2.41. The number of pyridine rings is 1. The largest absolute Gasteiger partial charge is 0.378 e. The molecular weight excluding hydrogens is 581 g/mol. The lowest BCUT2D eigenvalue weighted by Gasteiger charge is -2.35. The molecule has 2 aromatic carbocycles. The topological polar surface area (TPSA) is 95.6 Å². The molecule has 2 N–H and O–H groups in total. The van der Waals surface area contributed by atoms with Crippen LogP contribution in [-0.4, -0.2) is 73.4 Å². The number of benzene rings is 2. The van der Waals surface area contributed by atoms with Gasteiger partial charge in [0.2, 0.25) is 0 Å². The Balaban J connectivity index is 1.19. The van der Waals surface area contributed by atoms with Crippen molar-refractivity contribution < 1.29 is 9.47 Å². The number of rotatable bonds is 10. The summed E-state index contributed by atoms with van der Waals surface area (Å²) >= 11 is 3.55. The summed E-state index contributed by atoms with van der Waals surface area (Å²) in [6.45, 7) is 5.83. The van der Waals surface area contributed by atoms with Crippen LogP contribution in [0.4, 0.5) is 11.4 Å². The van der Waals surface area contributed by atoms with Crippen molar-refractivity contribution in [2.75, 3.05) is 63.8 Å². The van der Waals surface area contributed by atoms with Gasteiger partial charge in [-0.05, 0) is 68.5 Å². The third-order valence-corrected chi connectivity index (χ3v) is 9.97. The second kappa shape index (κ2) is 13.5. The Morgan fingerprint density at radius 1 is 1.12 bits per heavy atom. The maximum atomic E-state index is 12.4. The minimum Gasteiger partial charge on any atom is -0.378 e. The van der Waals surface area contributed by atoms with E-state index in [1.54, 1.807) is 29.7 Å². The molecular formula is C32H36N6O3S2. The molecule has 2 unspecified atom stereocenters. The number of nitrogens with zero attached hydrogens (tertiary/aromatic N) is 4. The third-order valence-electron chi connectivity index (χ3n) is 7.36. The first-order chi connectivity index (χ1) is 20.9. The van der Waals surface area contributed by atoms with E-state index in [4.69, 9.17) is 9.47 Å². The lowest BCUT2D eigenvalue weighted by molar-refractivity contribution is 0.0378. The number of hydrogen-bond donors (Lipinski definition) is 2. The minimum absolute atomic E-state index is 0.0715. The van der Waals surface area contributed by atoms with Crippen LogP contribution in [0, 0.1) is 6.92 Å². The van der Waals surface area contributed by atoms with E-state index in [-0.39, 0.29) is 17.7 Å². The summed E-state index contributed by atoms with van der Waals surface area (Å²) in [6.07, 6.45) is 5.23. The van der Waals surface area contributed by atoms with E-state index in [1.807, 2.05) is 45.5 Å². The average molecular weight is 617 g/mol. The third kappa shape index (κ3) is 7.08. The average Bonchev–Trinajstić information content (AvgIpc) is 3.02. The molecule has 2 aliphatic rings. The molecule has 6 rings (SSSR count). The van der Waals surface area contributed by atoms with Crippen LogP contribution >= 0.6 is 23.5 Å². The molecule has 1 fully saturated rings. The summed E-state index contributed by atoms with van der Waals surface area (Å²) in [5.74, 6) is 0.712. The molecule has 9 nitrogen and oxygen atoms in total. The number of H-pyrrole nitrogens is 1. The highest BCUT2D eigenvalue weighted by Gasteiger charge is 2.29. The lowest BCUT2D eigenvalue weighted by atomic mass is 10.1. The van der Waals surface area contributed by atoms with Gasteiger partial charge in [-0.25, -0.2) is 9.97 Å². The van der Waals surface area contributed by atoms with Gasteiger partial charge in [-0.2, -0.15) is 0 Å². The quantitative estimate of drug-likeness (QED) is 0.199. The van der Waals surface area contributed by atoms with Crippen molar-refractivity contribution in [2.45, 2.75) is 38.7 Å². The van der Waals surface area contributed by atoms with Crippen molar-refractivity contribution in [3.63, 3.8) is 0 Å². The number of nitrogens with one attached hydrogen (secondary N) is 2. The van der Waals surface area contributed by atoms with Crippen molar-refractivity contribution in [2.24, 2.45) is 0 Å². The van der Waals surface area contributed by atoms with E-state index < -0.39 is 0 Å². The molecule has 2 aromatic heterocycles. The molecule has 2 atom stereocenters. The molecule has 43 heavy (non-hydrogen) atoms. The monoisotopic (exact) mass is 616 g/mol. The standard InChI is InChI=1S/C32H36N6O3S2/c1-21-17-34-31(35-18-21)24(20-40-14-12-37(2)3)36-22-9-10-27-29(16-22)42-28-8-4-6-23(30(28)43-27)26-19-38(13-15-41-26)25-7-5-11-33-32(25)39/h4-11,16-18,24,26,36H,12-15,19-20H2,1-3H3,(H,33,39). The van der Waals surface area contributed by atoms with Crippen LogP contribution in [0.25, 0.3) is 0 Å². The first-order valence-electron chi connectivity index (χ1n) is 14.4.